The number of carbonyl (C=O) groups is 1. The van der Waals surface area contributed by atoms with Crippen LogP contribution in [-0.2, 0) is 4.79 Å². The highest BCUT2D eigenvalue weighted by Gasteiger charge is 2.31. The van der Waals surface area contributed by atoms with Crippen molar-refractivity contribution in [3.63, 3.8) is 0 Å². The number of rotatable bonds is 6. The molecule has 1 rings (SSSR count). The van der Waals surface area contributed by atoms with Crippen LogP contribution in [0.25, 0.3) is 0 Å². The third-order valence-corrected chi connectivity index (χ3v) is 4.23. The van der Waals surface area contributed by atoms with Crippen molar-refractivity contribution in [2.45, 2.75) is 71.8 Å². The number of aliphatic hydroxyl groups excluding tert-OH is 1. The number of amides is 1. The van der Waals surface area contributed by atoms with Crippen molar-refractivity contribution in [3.8, 4) is 0 Å². The van der Waals surface area contributed by atoms with Gasteiger partial charge in [-0.05, 0) is 24.7 Å². The van der Waals surface area contributed by atoms with E-state index < -0.39 is 0 Å². The number of carbonyl (C=O) groups excluding carboxylic acids is 1. The summed E-state index contributed by atoms with van der Waals surface area (Å²) in [7, 11) is 0. The molecule has 0 radical (unpaired) electrons. The second-order valence-corrected chi connectivity index (χ2v) is 7.72. The molecule has 4 N–H and O–H groups in total. The fourth-order valence-electron chi connectivity index (χ4n) is 3.15. The van der Waals surface area contributed by atoms with Crippen LogP contribution in [0.5, 0.6) is 0 Å². The van der Waals surface area contributed by atoms with Gasteiger partial charge in [-0.15, -0.1) is 0 Å². The van der Waals surface area contributed by atoms with Gasteiger partial charge in [-0.25, -0.2) is 0 Å². The van der Waals surface area contributed by atoms with Gasteiger partial charge in [-0.2, -0.15) is 0 Å². The van der Waals surface area contributed by atoms with Crippen LogP contribution in [0.2, 0.25) is 0 Å². The molecule has 1 saturated carbocycles. The first-order valence-corrected chi connectivity index (χ1v) is 7.90. The predicted molar refractivity (Wildman–Crippen MR) is 82.3 cm³/mol. The fraction of sp³-hybridized carbons (Fsp3) is 0.938. The Balaban J connectivity index is 2.35. The molecule has 4 heteroatoms. The minimum Gasteiger partial charge on any atom is -0.396 e. The number of aliphatic hydroxyl groups is 1. The molecule has 1 aliphatic carbocycles. The zero-order chi connectivity index (χ0) is 15.2. The van der Waals surface area contributed by atoms with Gasteiger partial charge in [0, 0.05) is 24.4 Å². The average Bonchev–Trinajstić information content (AvgIpc) is 2.35. The van der Waals surface area contributed by atoms with E-state index in [-0.39, 0.29) is 29.4 Å². The Labute approximate surface area is 123 Å². The summed E-state index contributed by atoms with van der Waals surface area (Å²) in [5.74, 6) is 0.0140. The summed E-state index contributed by atoms with van der Waals surface area (Å²) < 4.78 is 0. The Hall–Kier alpha value is -0.610. The molecule has 0 saturated heterocycles. The molecular weight excluding hydrogens is 252 g/mol. The highest BCUT2D eigenvalue weighted by atomic mass is 16.3. The number of nitrogens with one attached hydrogen (secondary N) is 1. The highest BCUT2D eigenvalue weighted by molar-refractivity contribution is 5.76. The smallest absolute Gasteiger partial charge is 0.221 e. The molecule has 0 heterocycles. The maximum atomic E-state index is 12.0. The van der Waals surface area contributed by atoms with Crippen molar-refractivity contribution in [1.82, 2.24) is 5.32 Å². The van der Waals surface area contributed by atoms with Crippen molar-refractivity contribution in [2.24, 2.45) is 16.6 Å². The zero-order valence-electron chi connectivity index (χ0n) is 13.4. The molecule has 1 aliphatic rings. The molecule has 0 aromatic heterocycles. The Bertz CT molecular complexity index is 304. The lowest BCUT2D eigenvalue weighted by Gasteiger charge is -2.35. The van der Waals surface area contributed by atoms with E-state index in [1.165, 1.54) is 6.42 Å². The lowest BCUT2D eigenvalue weighted by atomic mass is 9.74. The van der Waals surface area contributed by atoms with Crippen LogP contribution in [-0.4, -0.2) is 30.2 Å². The van der Waals surface area contributed by atoms with Crippen molar-refractivity contribution in [1.29, 1.82) is 0 Å². The molecule has 4 nitrogen and oxygen atoms in total. The van der Waals surface area contributed by atoms with Gasteiger partial charge in [0.05, 0.1) is 6.61 Å². The summed E-state index contributed by atoms with van der Waals surface area (Å²) in [5.41, 5.74) is 6.08. The summed E-state index contributed by atoms with van der Waals surface area (Å²) in [6.07, 6.45) is 6.78. The molecule has 1 fully saturated rings. The second kappa shape index (κ2) is 7.41. The SMILES string of the molecule is CC(C)(C)CC(N)CC(=O)NCC1(CO)CCCCC1. The van der Waals surface area contributed by atoms with Crippen molar-refractivity contribution < 1.29 is 9.90 Å². The van der Waals surface area contributed by atoms with Gasteiger partial charge < -0.3 is 16.2 Å². The van der Waals surface area contributed by atoms with E-state index in [1.807, 2.05) is 0 Å². The van der Waals surface area contributed by atoms with E-state index in [4.69, 9.17) is 5.73 Å². The molecule has 0 aliphatic heterocycles. The van der Waals surface area contributed by atoms with Crippen molar-refractivity contribution in [3.05, 3.63) is 0 Å². The molecule has 0 spiro atoms. The van der Waals surface area contributed by atoms with Crippen molar-refractivity contribution in [2.75, 3.05) is 13.2 Å². The quantitative estimate of drug-likeness (QED) is 0.700. The van der Waals surface area contributed by atoms with Crippen LogP contribution in [0.3, 0.4) is 0 Å². The molecular formula is C16H32N2O2. The normalized spacial score (nSPS) is 20.4. The first kappa shape index (κ1) is 17.4. The van der Waals surface area contributed by atoms with E-state index in [1.54, 1.807) is 0 Å². The molecule has 1 unspecified atom stereocenters. The van der Waals surface area contributed by atoms with Crippen molar-refractivity contribution >= 4 is 5.91 Å². The summed E-state index contributed by atoms with van der Waals surface area (Å²) in [6.45, 7) is 7.15. The monoisotopic (exact) mass is 284 g/mol. The van der Waals surface area contributed by atoms with Gasteiger partial charge >= 0.3 is 0 Å². The number of hydrogen-bond acceptors (Lipinski definition) is 3. The topological polar surface area (TPSA) is 75.4 Å². The Morgan fingerprint density at radius 3 is 2.40 bits per heavy atom. The molecule has 20 heavy (non-hydrogen) atoms. The predicted octanol–water partition coefficient (Wildman–Crippen LogP) is 2.20. The van der Waals surface area contributed by atoms with E-state index in [0.717, 1.165) is 32.1 Å². The van der Waals surface area contributed by atoms with Gasteiger partial charge in [0.2, 0.25) is 5.91 Å². The highest BCUT2D eigenvalue weighted by Crippen LogP contribution is 2.35. The molecule has 118 valence electrons. The zero-order valence-corrected chi connectivity index (χ0v) is 13.4. The van der Waals surface area contributed by atoms with Gasteiger partial charge in [0.25, 0.3) is 0 Å². The van der Waals surface area contributed by atoms with E-state index >= 15 is 0 Å². The Morgan fingerprint density at radius 1 is 1.30 bits per heavy atom. The molecule has 1 amide bonds. The summed E-state index contributed by atoms with van der Waals surface area (Å²) >= 11 is 0. The van der Waals surface area contributed by atoms with Crippen LogP contribution >= 0.6 is 0 Å². The van der Waals surface area contributed by atoms with E-state index in [0.29, 0.717) is 13.0 Å². The largest absolute Gasteiger partial charge is 0.396 e. The van der Waals surface area contributed by atoms with Gasteiger partial charge in [0.1, 0.15) is 0 Å². The Morgan fingerprint density at radius 2 is 1.90 bits per heavy atom. The maximum Gasteiger partial charge on any atom is 0.221 e. The molecule has 0 aromatic carbocycles. The molecule has 0 bridgehead atoms. The lowest BCUT2D eigenvalue weighted by molar-refractivity contribution is -0.122. The van der Waals surface area contributed by atoms with Crippen LogP contribution < -0.4 is 11.1 Å². The number of nitrogens with two attached hydrogens (primary N) is 1. The van der Waals surface area contributed by atoms with E-state index in [2.05, 4.69) is 26.1 Å². The summed E-state index contributed by atoms with van der Waals surface area (Å²) in [5, 5.41) is 12.6. The standard InChI is InChI=1S/C16H32N2O2/c1-15(2,3)10-13(17)9-14(20)18-11-16(12-19)7-5-4-6-8-16/h13,19H,4-12,17H2,1-3H3,(H,18,20). The second-order valence-electron chi connectivity index (χ2n) is 7.72. The van der Waals surface area contributed by atoms with Crippen LogP contribution in [0.1, 0.15) is 65.7 Å². The minimum atomic E-state index is -0.0952. The first-order valence-electron chi connectivity index (χ1n) is 7.90. The van der Waals surface area contributed by atoms with Gasteiger partial charge in [-0.3, -0.25) is 4.79 Å². The molecule has 1 atom stereocenters. The fourth-order valence-corrected chi connectivity index (χ4v) is 3.15. The maximum absolute atomic E-state index is 12.0. The van der Waals surface area contributed by atoms with Gasteiger partial charge in [-0.1, -0.05) is 40.0 Å². The third-order valence-electron chi connectivity index (χ3n) is 4.23. The molecule has 0 aromatic rings. The average molecular weight is 284 g/mol. The Kier molecular flexibility index (Phi) is 6.46. The van der Waals surface area contributed by atoms with E-state index in [9.17, 15) is 9.90 Å². The minimum absolute atomic E-state index is 0.0140. The van der Waals surface area contributed by atoms with Crippen LogP contribution in [0.4, 0.5) is 0 Å². The first-order chi connectivity index (χ1) is 9.26. The summed E-state index contributed by atoms with van der Waals surface area (Å²) in [4.78, 5) is 12.0. The van der Waals surface area contributed by atoms with Crippen LogP contribution in [0.15, 0.2) is 0 Å². The summed E-state index contributed by atoms with van der Waals surface area (Å²) in [6, 6.07) is -0.0913. The third kappa shape index (κ3) is 6.23. The lowest BCUT2D eigenvalue weighted by Crippen LogP contribution is -2.43. The van der Waals surface area contributed by atoms with Crippen LogP contribution in [0, 0.1) is 10.8 Å². The number of hydrogen-bond donors (Lipinski definition) is 3. The van der Waals surface area contributed by atoms with Gasteiger partial charge in [0.15, 0.2) is 0 Å².